The zero-order chi connectivity index (χ0) is 17.0. The van der Waals surface area contributed by atoms with Crippen LogP contribution >= 0.6 is 0 Å². The first kappa shape index (κ1) is 17.5. The zero-order valence-corrected chi connectivity index (χ0v) is 14.8. The van der Waals surface area contributed by atoms with Gasteiger partial charge in [-0.1, -0.05) is 20.8 Å². The second-order valence-electron chi connectivity index (χ2n) is 9.38. The quantitative estimate of drug-likeness (QED) is 0.814. The van der Waals surface area contributed by atoms with Gasteiger partial charge in [0.05, 0.1) is 18.1 Å². The summed E-state index contributed by atoms with van der Waals surface area (Å²) >= 11 is 0. The smallest absolute Gasteiger partial charge is 0.311 e. The summed E-state index contributed by atoms with van der Waals surface area (Å²) in [5.74, 6) is -0.546. The molecule has 0 spiro atoms. The fourth-order valence-electron chi connectivity index (χ4n) is 5.28. The minimum Gasteiger partial charge on any atom is -0.469 e. The first-order valence-electron chi connectivity index (χ1n) is 8.16. The molecular weight excluding hydrogens is 280 g/mol. The van der Waals surface area contributed by atoms with Gasteiger partial charge in [-0.15, -0.1) is 0 Å². The maximum atomic E-state index is 12.7. The minimum atomic E-state index is -1.10. The second kappa shape index (κ2) is 5.05. The Morgan fingerprint density at radius 3 is 2.45 bits per heavy atom. The number of ether oxygens (including phenoxy) is 1. The Morgan fingerprint density at radius 2 is 1.91 bits per heavy atom. The van der Waals surface area contributed by atoms with Crippen LogP contribution < -0.4 is 0 Å². The van der Waals surface area contributed by atoms with Crippen LogP contribution in [-0.2, 0) is 14.3 Å². The fraction of sp³-hybridized carbons (Fsp3) is 0.889. The van der Waals surface area contributed by atoms with Gasteiger partial charge in [-0.2, -0.15) is 0 Å². The third-order valence-corrected chi connectivity index (χ3v) is 5.51. The van der Waals surface area contributed by atoms with Crippen LogP contribution in [0.15, 0.2) is 0 Å². The molecule has 2 rings (SSSR count). The highest BCUT2D eigenvalue weighted by atomic mass is 16.5. The van der Waals surface area contributed by atoms with Crippen molar-refractivity contribution in [1.29, 1.82) is 0 Å². The van der Waals surface area contributed by atoms with E-state index in [9.17, 15) is 14.7 Å². The lowest BCUT2D eigenvalue weighted by atomic mass is 9.67. The van der Waals surface area contributed by atoms with Gasteiger partial charge in [0.25, 0.3) is 0 Å². The van der Waals surface area contributed by atoms with E-state index in [0.717, 1.165) is 12.8 Å². The van der Waals surface area contributed by atoms with Gasteiger partial charge in [0.2, 0.25) is 0 Å². The first-order valence-corrected chi connectivity index (χ1v) is 8.16. The molecule has 0 saturated heterocycles. The van der Waals surface area contributed by atoms with E-state index >= 15 is 0 Å². The van der Waals surface area contributed by atoms with Crippen LogP contribution in [0.3, 0.4) is 0 Å². The Morgan fingerprint density at radius 1 is 1.32 bits per heavy atom. The number of carbonyl (C=O) groups is 2. The van der Waals surface area contributed by atoms with E-state index in [4.69, 9.17) is 4.74 Å². The third kappa shape index (κ3) is 3.08. The number of aliphatic hydroxyl groups is 1. The van der Waals surface area contributed by atoms with E-state index in [1.807, 2.05) is 0 Å². The second-order valence-corrected chi connectivity index (χ2v) is 9.38. The predicted molar refractivity (Wildman–Crippen MR) is 84.2 cm³/mol. The summed E-state index contributed by atoms with van der Waals surface area (Å²) in [6.07, 6.45) is 3.03. The van der Waals surface area contributed by atoms with Gasteiger partial charge in [0.15, 0.2) is 0 Å². The van der Waals surface area contributed by atoms with Gasteiger partial charge < -0.3 is 9.84 Å². The molecule has 0 radical (unpaired) electrons. The maximum Gasteiger partial charge on any atom is 0.311 e. The van der Waals surface area contributed by atoms with E-state index in [1.165, 1.54) is 7.11 Å². The number of esters is 1. The predicted octanol–water partition coefficient (Wildman–Crippen LogP) is 3.11. The van der Waals surface area contributed by atoms with Gasteiger partial charge >= 0.3 is 5.97 Å². The highest BCUT2D eigenvalue weighted by molar-refractivity contribution is 5.84. The zero-order valence-electron chi connectivity index (χ0n) is 14.8. The van der Waals surface area contributed by atoms with E-state index < -0.39 is 11.0 Å². The topological polar surface area (TPSA) is 63.6 Å². The lowest BCUT2D eigenvalue weighted by Crippen LogP contribution is -2.46. The lowest BCUT2D eigenvalue weighted by Gasteiger charge is -2.40. The van der Waals surface area contributed by atoms with Crippen LogP contribution in [0.2, 0.25) is 0 Å². The largest absolute Gasteiger partial charge is 0.469 e. The summed E-state index contributed by atoms with van der Waals surface area (Å²) in [6, 6.07) is 0. The van der Waals surface area contributed by atoms with Crippen molar-refractivity contribution in [3.05, 3.63) is 0 Å². The van der Waals surface area contributed by atoms with Gasteiger partial charge in [0.1, 0.15) is 5.78 Å². The molecule has 4 heteroatoms. The summed E-state index contributed by atoms with van der Waals surface area (Å²) in [5.41, 5.74) is -1.94. The Hall–Kier alpha value is -0.900. The highest BCUT2D eigenvalue weighted by Gasteiger charge is 2.59. The Balaban J connectivity index is 2.31. The number of hydrogen-bond acceptors (Lipinski definition) is 4. The number of ketones is 1. The standard InChI is InChI=1S/C18H30O4/c1-15(2)8-13(19)12-7-17(5,9-15)11-18(12,21)10-16(3,4)14(20)22-6/h12,21H,7-11H2,1-6H3. The third-order valence-electron chi connectivity index (χ3n) is 5.51. The van der Waals surface area contributed by atoms with Crippen molar-refractivity contribution < 1.29 is 19.4 Å². The first-order chi connectivity index (χ1) is 9.83. The molecule has 2 saturated carbocycles. The fourth-order valence-corrected chi connectivity index (χ4v) is 5.28. The average molecular weight is 310 g/mol. The number of hydrogen-bond donors (Lipinski definition) is 1. The van der Waals surface area contributed by atoms with E-state index in [-0.39, 0.29) is 34.9 Å². The summed E-state index contributed by atoms with van der Waals surface area (Å²) < 4.78 is 4.86. The van der Waals surface area contributed by atoms with Gasteiger partial charge in [0, 0.05) is 12.3 Å². The van der Waals surface area contributed by atoms with Crippen molar-refractivity contribution in [2.45, 2.75) is 72.3 Å². The van der Waals surface area contributed by atoms with E-state index in [0.29, 0.717) is 12.8 Å². The number of Topliss-reactive ketones (excluding diaryl/α,β-unsaturated/α-hetero) is 1. The minimum absolute atomic E-state index is 0.0141. The summed E-state index contributed by atoms with van der Waals surface area (Å²) in [7, 11) is 1.36. The Kier molecular flexibility index (Phi) is 4.01. The molecule has 0 amide bonds. The molecule has 0 aliphatic heterocycles. The average Bonchev–Trinajstić information content (AvgIpc) is 2.50. The number of carbonyl (C=O) groups excluding carboxylic acids is 2. The molecule has 2 fully saturated rings. The lowest BCUT2D eigenvalue weighted by molar-refractivity contribution is -0.158. The Labute approximate surface area is 133 Å². The van der Waals surface area contributed by atoms with Crippen LogP contribution in [0.4, 0.5) is 0 Å². The molecule has 2 aliphatic rings. The summed E-state index contributed by atoms with van der Waals surface area (Å²) in [4.78, 5) is 24.7. The molecule has 0 aromatic rings. The molecule has 2 aliphatic carbocycles. The van der Waals surface area contributed by atoms with Gasteiger partial charge in [-0.25, -0.2) is 0 Å². The monoisotopic (exact) mass is 310 g/mol. The van der Waals surface area contributed by atoms with Gasteiger partial charge in [-0.05, 0) is 50.4 Å². The molecule has 4 nitrogen and oxygen atoms in total. The summed E-state index contributed by atoms with van der Waals surface area (Å²) in [6.45, 7) is 10.00. The molecule has 1 N–H and O–H groups in total. The molecule has 0 heterocycles. The molecule has 3 unspecified atom stereocenters. The van der Waals surface area contributed by atoms with Crippen LogP contribution in [-0.4, -0.2) is 29.6 Å². The maximum absolute atomic E-state index is 12.7. The van der Waals surface area contributed by atoms with Crippen LogP contribution in [0, 0.1) is 22.2 Å². The van der Waals surface area contributed by atoms with Crippen LogP contribution in [0.5, 0.6) is 0 Å². The molecule has 3 atom stereocenters. The van der Waals surface area contributed by atoms with Crippen LogP contribution in [0.1, 0.15) is 66.7 Å². The van der Waals surface area contributed by atoms with Crippen molar-refractivity contribution in [3.63, 3.8) is 0 Å². The van der Waals surface area contributed by atoms with Crippen molar-refractivity contribution in [2.75, 3.05) is 7.11 Å². The molecular formula is C18H30O4. The van der Waals surface area contributed by atoms with Crippen molar-refractivity contribution in [1.82, 2.24) is 0 Å². The van der Waals surface area contributed by atoms with Crippen molar-refractivity contribution >= 4 is 11.8 Å². The van der Waals surface area contributed by atoms with E-state index in [2.05, 4.69) is 20.8 Å². The highest BCUT2D eigenvalue weighted by Crippen LogP contribution is 2.59. The van der Waals surface area contributed by atoms with Crippen molar-refractivity contribution in [3.8, 4) is 0 Å². The molecule has 126 valence electrons. The molecule has 2 bridgehead atoms. The number of methoxy groups -OCH3 is 1. The van der Waals surface area contributed by atoms with Crippen LogP contribution in [0.25, 0.3) is 0 Å². The summed E-state index contributed by atoms with van der Waals surface area (Å²) in [5, 5.41) is 11.2. The number of fused-ring (bicyclic) bond motifs is 2. The SMILES string of the molecule is COC(=O)C(C)(C)CC1(O)CC2(C)CC1C(=O)CC(C)(C)C2. The molecule has 0 aromatic heterocycles. The number of rotatable bonds is 3. The Bertz CT molecular complexity index is 493. The molecule has 22 heavy (non-hydrogen) atoms. The normalized spacial score (nSPS) is 37.8. The van der Waals surface area contributed by atoms with E-state index in [1.54, 1.807) is 13.8 Å². The van der Waals surface area contributed by atoms with Crippen molar-refractivity contribution in [2.24, 2.45) is 22.2 Å². The molecule has 0 aromatic carbocycles. The van der Waals surface area contributed by atoms with Gasteiger partial charge in [-0.3, -0.25) is 9.59 Å².